The van der Waals surface area contributed by atoms with Gasteiger partial charge in [-0.2, -0.15) is 0 Å². The van der Waals surface area contributed by atoms with E-state index >= 15 is 0 Å². The van der Waals surface area contributed by atoms with Crippen LogP contribution < -0.4 is 5.32 Å². The van der Waals surface area contributed by atoms with Crippen molar-refractivity contribution in [2.75, 3.05) is 5.32 Å². The minimum atomic E-state index is -0.326. The van der Waals surface area contributed by atoms with Crippen LogP contribution in [0.5, 0.6) is 0 Å². The van der Waals surface area contributed by atoms with Crippen LogP contribution >= 0.6 is 22.9 Å². The Morgan fingerprint density at radius 2 is 1.92 bits per heavy atom. The van der Waals surface area contributed by atoms with Crippen LogP contribution in [0.2, 0.25) is 5.02 Å². The number of aromatic nitrogens is 2. The van der Waals surface area contributed by atoms with E-state index in [1.54, 1.807) is 19.1 Å². The van der Waals surface area contributed by atoms with Gasteiger partial charge in [0, 0.05) is 5.56 Å². The number of thiazole rings is 1. The number of amides is 1. The van der Waals surface area contributed by atoms with E-state index < -0.39 is 0 Å². The molecule has 0 aliphatic heterocycles. The molecule has 2 aromatic carbocycles. The number of carbonyl (C=O) groups excluding carboxylic acids is 1. The zero-order valence-electron chi connectivity index (χ0n) is 13.1. The lowest BCUT2D eigenvalue weighted by Crippen LogP contribution is -2.13. The van der Waals surface area contributed by atoms with Gasteiger partial charge in [-0.3, -0.25) is 10.1 Å². The monoisotopic (exact) mass is 369 g/mol. The summed E-state index contributed by atoms with van der Waals surface area (Å²) in [7, 11) is 0. The molecule has 0 fully saturated rings. The first-order valence-electron chi connectivity index (χ1n) is 7.51. The number of aryl methyl sites for hydroxylation is 1. The Hall–Kier alpha value is -2.70. The summed E-state index contributed by atoms with van der Waals surface area (Å²) in [5.41, 5.74) is 2.26. The molecule has 0 spiro atoms. The van der Waals surface area contributed by atoms with Gasteiger partial charge in [-0.1, -0.05) is 58.4 Å². The summed E-state index contributed by atoms with van der Waals surface area (Å²) < 4.78 is 6.24. The molecule has 0 aliphatic carbocycles. The fraction of sp³-hybridized carbons (Fsp3) is 0.0556. The topological polar surface area (TPSA) is 68.0 Å². The Bertz CT molecular complexity index is 1050. The number of nitrogens with zero attached hydrogens (tertiary/aromatic N) is 2. The number of carbonyl (C=O) groups is 1. The Morgan fingerprint density at radius 3 is 2.72 bits per heavy atom. The summed E-state index contributed by atoms with van der Waals surface area (Å²) in [6.45, 7) is 1.70. The fourth-order valence-electron chi connectivity index (χ4n) is 2.56. The van der Waals surface area contributed by atoms with Crippen LogP contribution in [0.1, 0.15) is 16.1 Å². The van der Waals surface area contributed by atoms with Crippen molar-refractivity contribution in [2.24, 2.45) is 0 Å². The molecule has 0 unspecified atom stereocenters. The molecule has 2 aromatic heterocycles. The van der Waals surface area contributed by atoms with Gasteiger partial charge in [0.2, 0.25) is 0 Å². The number of nitrogens with one attached hydrogen (secondary N) is 1. The summed E-state index contributed by atoms with van der Waals surface area (Å²) in [6, 6.07) is 14.9. The van der Waals surface area contributed by atoms with Gasteiger partial charge < -0.3 is 4.52 Å². The number of hydrogen-bond acceptors (Lipinski definition) is 5. The molecular weight excluding hydrogens is 358 g/mol. The molecule has 2 heterocycles. The highest BCUT2D eigenvalue weighted by molar-refractivity contribution is 7.22. The molecule has 124 valence electrons. The van der Waals surface area contributed by atoms with Crippen LogP contribution in [0.4, 0.5) is 5.13 Å². The highest BCUT2D eigenvalue weighted by atomic mass is 35.5. The largest absolute Gasteiger partial charge is 0.360 e. The van der Waals surface area contributed by atoms with Crippen LogP contribution in [0, 0.1) is 6.92 Å². The van der Waals surface area contributed by atoms with Gasteiger partial charge in [-0.15, -0.1) is 0 Å². The van der Waals surface area contributed by atoms with Crippen molar-refractivity contribution in [1.29, 1.82) is 0 Å². The van der Waals surface area contributed by atoms with Crippen molar-refractivity contribution in [2.45, 2.75) is 6.92 Å². The summed E-state index contributed by atoms with van der Waals surface area (Å²) in [5, 5.41) is 7.87. The van der Waals surface area contributed by atoms with Crippen molar-refractivity contribution in [1.82, 2.24) is 10.1 Å². The molecule has 0 aliphatic rings. The molecule has 1 amide bonds. The van der Waals surface area contributed by atoms with E-state index in [0.717, 1.165) is 10.2 Å². The zero-order chi connectivity index (χ0) is 17.4. The minimum absolute atomic E-state index is 0.326. The second kappa shape index (κ2) is 6.31. The lowest BCUT2D eigenvalue weighted by Gasteiger charge is -2.04. The van der Waals surface area contributed by atoms with Gasteiger partial charge in [-0.25, -0.2) is 4.98 Å². The first-order chi connectivity index (χ1) is 12.1. The van der Waals surface area contributed by atoms with E-state index in [4.69, 9.17) is 16.1 Å². The third-order valence-electron chi connectivity index (χ3n) is 3.73. The second-order valence-corrected chi connectivity index (χ2v) is 6.82. The molecule has 0 saturated carbocycles. The Kier molecular flexibility index (Phi) is 3.99. The van der Waals surface area contributed by atoms with E-state index in [0.29, 0.717) is 32.7 Å². The average molecular weight is 370 g/mol. The number of hydrogen-bond donors (Lipinski definition) is 1. The fourth-order valence-corrected chi connectivity index (χ4v) is 3.65. The molecule has 1 N–H and O–H groups in total. The van der Waals surface area contributed by atoms with E-state index in [1.807, 2.05) is 36.4 Å². The average Bonchev–Trinajstić information content (AvgIpc) is 3.18. The zero-order valence-corrected chi connectivity index (χ0v) is 14.7. The number of halogens is 1. The van der Waals surface area contributed by atoms with Crippen molar-refractivity contribution in [3.05, 3.63) is 64.9 Å². The maximum Gasteiger partial charge on any atom is 0.263 e. The molecule has 0 radical (unpaired) electrons. The van der Waals surface area contributed by atoms with E-state index in [2.05, 4.69) is 15.5 Å². The normalized spacial score (nSPS) is 11.0. The Labute approximate surface area is 152 Å². The number of anilines is 1. The molecule has 0 atom stereocenters. The Balaban J connectivity index is 1.71. The molecule has 0 saturated heterocycles. The summed E-state index contributed by atoms with van der Waals surface area (Å²) >= 11 is 7.65. The maximum absolute atomic E-state index is 12.8. The first kappa shape index (κ1) is 15.8. The quantitative estimate of drug-likeness (QED) is 0.541. The van der Waals surface area contributed by atoms with Crippen LogP contribution in [0.15, 0.2) is 53.1 Å². The van der Waals surface area contributed by atoms with E-state index in [-0.39, 0.29) is 5.91 Å². The van der Waals surface area contributed by atoms with Crippen molar-refractivity contribution < 1.29 is 9.32 Å². The van der Waals surface area contributed by atoms with Crippen LogP contribution in [0.3, 0.4) is 0 Å². The molecular formula is C18H12ClN3O2S. The number of fused-ring (bicyclic) bond motifs is 1. The van der Waals surface area contributed by atoms with E-state index in [1.165, 1.54) is 11.3 Å². The number of rotatable bonds is 3. The second-order valence-electron chi connectivity index (χ2n) is 5.38. The van der Waals surface area contributed by atoms with Crippen LogP contribution in [-0.4, -0.2) is 16.0 Å². The molecule has 5 nitrogen and oxygen atoms in total. The van der Waals surface area contributed by atoms with Gasteiger partial charge >= 0.3 is 0 Å². The third kappa shape index (κ3) is 2.90. The standard InChI is InChI=1S/C18H12ClN3O2S/c1-10-15(16(22-24-10)11-6-2-3-7-12(11)19)17(23)21-18-20-13-8-4-5-9-14(13)25-18/h2-9H,1H3,(H,20,21,23). The summed E-state index contributed by atoms with van der Waals surface area (Å²) in [4.78, 5) is 17.2. The van der Waals surface area contributed by atoms with Gasteiger partial charge in [-0.05, 0) is 25.1 Å². The number of benzene rings is 2. The first-order valence-corrected chi connectivity index (χ1v) is 8.71. The Morgan fingerprint density at radius 1 is 1.16 bits per heavy atom. The predicted molar refractivity (Wildman–Crippen MR) is 99.3 cm³/mol. The van der Waals surface area contributed by atoms with Crippen molar-refractivity contribution in [3.8, 4) is 11.3 Å². The van der Waals surface area contributed by atoms with E-state index in [9.17, 15) is 4.79 Å². The van der Waals surface area contributed by atoms with Gasteiger partial charge in [0.1, 0.15) is 17.0 Å². The van der Waals surface area contributed by atoms with Gasteiger partial charge in [0.05, 0.1) is 15.2 Å². The third-order valence-corrected chi connectivity index (χ3v) is 5.01. The molecule has 25 heavy (non-hydrogen) atoms. The molecule has 4 aromatic rings. The summed E-state index contributed by atoms with van der Waals surface area (Å²) in [5.74, 6) is 0.0984. The van der Waals surface area contributed by atoms with Crippen molar-refractivity contribution in [3.63, 3.8) is 0 Å². The number of para-hydroxylation sites is 1. The highest BCUT2D eigenvalue weighted by Crippen LogP contribution is 2.32. The maximum atomic E-state index is 12.8. The smallest absolute Gasteiger partial charge is 0.263 e. The van der Waals surface area contributed by atoms with Crippen molar-refractivity contribution >= 4 is 44.2 Å². The molecule has 4 rings (SSSR count). The lowest BCUT2D eigenvalue weighted by molar-refractivity contribution is 0.102. The van der Waals surface area contributed by atoms with Gasteiger partial charge in [0.15, 0.2) is 5.13 Å². The van der Waals surface area contributed by atoms with Crippen LogP contribution in [0.25, 0.3) is 21.5 Å². The summed E-state index contributed by atoms with van der Waals surface area (Å²) in [6.07, 6.45) is 0. The van der Waals surface area contributed by atoms with Gasteiger partial charge in [0.25, 0.3) is 5.91 Å². The minimum Gasteiger partial charge on any atom is -0.360 e. The molecule has 7 heteroatoms. The SMILES string of the molecule is Cc1onc(-c2ccccc2Cl)c1C(=O)Nc1nc2ccccc2s1. The predicted octanol–water partition coefficient (Wildman–Crippen LogP) is 5.17. The van der Waals surface area contributed by atoms with Crippen LogP contribution in [-0.2, 0) is 0 Å². The lowest BCUT2D eigenvalue weighted by atomic mass is 10.1. The molecule has 0 bridgehead atoms. The highest BCUT2D eigenvalue weighted by Gasteiger charge is 2.23.